The molecule has 5 N–H and O–H groups in total. The molecule has 0 saturated carbocycles. The van der Waals surface area contributed by atoms with E-state index in [4.69, 9.17) is 20.6 Å². The Balaban J connectivity index is 1.27. The highest BCUT2D eigenvalue weighted by Crippen LogP contribution is 2.28. The van der Waals surface area contributed by atoms with Crippen molar-refractivity contribution in [2.24, 2.45) is 5.73 Å². The third-order valence-corrected chi connectivity index (χ3v) is 5.37. The molecule has 1 aliphatic rings. The Morgan fingerprint density at radius 2 is 2.00 bits per heavy atom. The number of hydrogen-bond donors (Lipinski definition) is 3. The summed E-state index contributed by atoms with van der Waals surface area (Å²) in [5.74, 6) is 0.580. The third-order valence-electron chi connectivity index (χ3n) is 5.37. The van der Waals surface area contributed by atoms with E-state index in [2.05, 4.69) is 10.3 Å². The lowest BCUT2D eigenvalue weighted by Crippen LogP contribution is -2.43. The van der Waals surface area contributed by atoms with Gasteiger partial charge in [0.2, 0.25) is 5.89 Å². The van der Waals surface area contributed by atoms with Crippen molar-refractivity contribution in [1.82, 2.24) is 9.88 Å². The zero-order chi connectivity index (χ0) is 21.1. The largest absolute Gasteiger partial charge is 0.436 e. The number of benzene rings is 2. The lowest BCUT2D eigenvalue weighted by atomic mass is 10.1. The van der Waals surface area contributed by atoms with Gasteiger partial charge in [-0.25, -0.2) is 9.78 Å². The predicted molar refractivity (Wildman–Crippen MR) is 117 cm³/mol. The minimum Gasteiger partial charge on any atom is -0.436 e. The van der Waals surface area contributed by atoms with Crippen molar-refractivity contribution in [2.45, 2.75) is 25.9 Å². The Hall–Kier alpha value is -3.26. The van der Waals surface area contributed by atoms with Crippen LogP contribution < -0.4 is 16.8 Å². The minimum atomic E-state index is -0.351. The summed E-state index contributed by atoms with van der Waals surface area (Å²) in [6.45, 7) is 4.60. The molecule has 2 heterocycles. The normalized spacial score (nSPS) is 14.9. The Morgan fingerprint density at radius 3 is 2.70 bits per heavy atom. The number of fused-ring (bicyclic) bond motifs is 1. The van der Waals surface area contributed by atoms with Gasteiger partial charge in [0.25, 0.3) is 0 Å². The number of nitrogens with zero attached hydrogens (tertiary/aromatic N) is 2. The maximum atomic E-state index is 11.1. The van der Waals surface area contributed by atoms with E-state index in [1.165, 1.54) is 0 Å². The summed E-state index contributed by atoms with van der Waals surface area (Å²) in [5.41, 5.74) is 16.3. The number of hydrogen-bond acceptors (Lipinski definition) is 6. The van der Waals surface area contributed by atoms with Crippen LogP contribution in [0, 0.1) is 6.92 Å². The van der Waals surface area contributed by atoms with Gasteiger partial charge in [0.1, 0.15) is 5.52 Å². The van der Waals surface area contributed by atoms with Crippen LogP contribution in [0.2, 0.25) is 0 Å². The topological polar surface area (TPSA) is 120 Å². The van der Waals surface area contributed by atoms with E-state index in [0.717, 1.165) is 40.8 Å². The van der Waals surface area contributed by atoms with Gasteiger partial charge in [0, 0.05) is 36.6 Å². The zero-order valence-electron chi connectivity index (χ0n) is 17.1. The first-order chi connectivity index (χ1) is 14.5. The van der Waals surface area contributed by atoms with Crippen molar-refractivity contribution in [1.29, 1.82) is 0 Å². The zero-order valence-corrected chi connectivity index (χ0v) is 17.1. The molecule has 2 amide bonds. The Kier molecular flexibility index (Phi) is 5.76. The van der Waals surface area contributed by atoms with Gasteiger partial charge in [0.05, 0.1) is 12.7 Å². The quantitative estimate of drug-likeness (QED) is 0.424. The number of ether oxygens (including phenoxy) is 1. The van der Waals surface area contributed by atoms with Crippen molar-refractivity contribution >= 4 is 28.5 Å². The number of urea groups is 1. The molecule has 1 aliphatic heterocycles. The Labute approximate surface area is 175 Å². The van der Waals surface area contributed by atoms with Gasteiger partial charge in [-0.3, -0.25) is 0 Å². The van der Waals surface area contributed by atoms with Crippen molar-refractivity contribution in [3.8, 4) is 11.5 Å². The maximum absolute atomic E-state index is 11.1. The number of nitrogens with one attached hydrogen (secondary N) is 1. The van der Waals surface area contributed by atoms with Gasteiger partial charge in [0.15, 0.2) is 5.58 Å². The van der Waals surface area contributed by atoms with Crippen LogP contribution in [0.5, 0.6) is 0 Å². The average molecular weight is 409 g/mol. The van der Waals surface area contributed by atoms with E-state index >= 15 is 0 Å². The van der Waals surface area contributed by atoms with Crippen LogP contribution in [0.25, 0.3) is 22.6 Å². The molecule has 8 heteroatoms. The summed E-state index contributed by atoms with van der Waals surface area (Å²) in [5, 5.41) is 3.36. The van der Waals surface area contributed by atoms with Crippen LogP contribution in [0.15, 0.2) is 40.8 Å². The van der Waals surface area contributed by atoms with E-state index in [1.54, 1.807) is 4.90 Å². The summed E-state index contributed by atoms with van der Waals surface area (Å²) in [6.07, 6.45) is 1.84. The van der Waals surface area contributed by atoms with Gasteiger partial charge >= 0.3 is 6.03 Å². The number of aryl methyl sites for hydroxylation is 1. The molecule has 1 fully saturated rings. The number of primary amides is 1. The second-order valence-corrected chi connectivity index (χ2v) is 7.60. The van der Waals surface area contributed by atoms with Crippen molar-refractivity contribution in [3.05, 3.63) is 42.0 Å². The van der Waals surface area contributed by atoms with E-state index in [-0.39, 0.29) is 12.1 Å². The lowest BCUT2D eigenvalue weighted by Gasteiger charge is -2.30. The van der Waals surface area contributed by atoms with Crippen LogP contribution in [-0.2, 0) is 4.74 Å². The number of anilines is 2. The number of rotatable bonds is 6. The number of carbonyl (C=O) groups is 1. The van der Waals surface area contributed by atoms with Crippen molar-refractivity contribution in [3.63, 3.8) is 0 Å². The molecule has 30 heavy (non-hydrogen) atoms. The van der Waals surface area contributed by atoms with Gasteiger partial charge < -0.3 is 30.8 Å². The van der Waals surface area contributed by atoms with E-state index < -0.39 is 0 Å². The Morgan fingerprint density at radius 1 is 1.27 bits per heavy atom. The fourth-order valence-electron chi connectivity index (χ4n) is 3.75. The van der Waals surface area contributed by atoms with E-state index in [9.17, 15) is 4.79 Å². The van der Waals surface area contributed by atoms with Crippen LogP contribution in [0.4, 0.5) is 16.2 Å². The number of oxazole rings is 1. The molecular weight excluding hydrogens is 382 g/mol. The summed E-state index contributed by atoms with van der Waals surface area (Å²) in [4.78, 5) is 17.4. The van der Waals surface area contributed by atoms with Crippen LogP contribution >= 0.6 is 0 Å². The SMILES string of the molecule is Cc1cc(N)cc2nc(-c3ccc(NCCOC4CCN(C(N)=O)CC4)cc3)oc12. The van der Waals surface area contributed by atoms with Crippen LogP contribution in [-0.4, -0.2) is 48.3 Å². The number of likely N-dealkylation sites (tertiary alicyclic amines) is 1. The van der Waals surface area contributed by atoms with Crippen LogP contribution in [0.3, 0.4) is 0 Å². The fraction of sp³-hybridized carbons (Fsp3) is 0.364. The highest BCUT2D eigenvalue weighted by molar-refractivity contribution is 5.82. The first kappa shape index (κ1) is 20.0. The molecule has 1 saturated heterocycles. The molecule has 3 aromatic rings. The van der Waals surface area contributed by atoms with Crippen LogP contribution in [0.1, 0.15) is 18.4 Å². The second-order valence-electron chi connectivity index (χ2n) is 7.60. The molecular formula is C22H27N5O3. The highest BCUT2D eigenvalue weighted by atomic mass is 16.5. The second kappa shape index (κ2) is 8.62. The van der Waals surface area contributed by atoms with Gasteiger partial charge in [-0.15, -0.1) is 0 Å². The van der Waals surface area contributed by atoms with E-state index in [1.807, 2.05) is 43.3 Å². The molecule has 0 aliphatic carbocycles. The van der Waals surface area contributed by atoms with Gasteiger partial charge in [-0.2, -0.15) is 0 Å². The summed E-state index contributed by atoms with van der Waals surface area (Å²) in [7, 11) is 0. The number of nitrogens with two attached hydrogens (primary N) is 2. The van der Waals surface area contributed by atoms with Crippen molar-refractivity contribution < 1.29 is 13.9 Å². The Bertz CT molecular complexity index is 1020. The standard InChI is InChI=1S/C22H27N5O3/c1-14-12-16(23)13-19-20(14)30-21(26-19)15-2-4-17(5-3-15)25-8-11-29-18-6-9-27(10-7-18)22(24)28/h2-5,12-13,18,25H,6-11,23H2,1H3,(H2,24,28). The number of piperidine rings is 1. The smallest absolute Gasteiger partial charge is 0.314 e. The molecule has 0 unspecified atom stereocenters. The highest BCUT2D eigenvalue weighted by Gasteiger charge is 2.21. The molecule has 0 atom stereocenters. The molecule has 2 aromatic carbocycles. The molecule has 0 spiro atoms. The number of nitrogen functional groups attached to an aromatic ring is 1. The monoisotopic (exact) mass is 409 g/mol. The number of aromatic nitrogens is 1. The molecule has 1 aromatic heterocycles. The minimum absolute atomic E-state index is 0.182. The molecule has 0 radical (unpaired) electrons. The average Bonchev–Trinajstić information content (AvgIpc) is 3.16. The fourth-order valence-corrected chi connectivity index (χ4v) is 3.75. The first-order valence-electron chi connectivity index (χ1n) is 10.2. The third kappa shape index (κ3) is 4.49. The molecule has 8 nitrogen and oxygen atoms in total. The number of amides is 2. The molecule has 4 rings (SSSR count). The predicted octanol–water partition coefficient (Wildman–Crippen LogP) is 3.36. The summed E-state index contributed by atoms with van der Waals surface area (Å²) in [6, 6.07) is 11.3. The molecule has 158 valence electrons. The number of carbonyl (C=O) groups excluding carboxylic acids is 1. The maximum Gasteiger partial charge on any atom is 0.314 e. The molecule has 0 bridgehead atoms. The first-order valence-corrected chi connectivity index (χ1v) is 10.2. The van der Waals surface area contributed by atoms with Gasteiger partial charge in [-0.1, -0.05) is 0 Å². The van der Waals surface area contributed by atoms with Gasteiger partial charge in [-0.05, 0) is 61.7 Å². The van der Waals surface area contributed by atoms with Crippen molar-refractivity contribution in [2.75, 3.05) is 37.3 Å². The summed E-state index contributed by atoms with van der Waals surface area (Å²) >= 11 is 0. The summed E-state index contributed by atoms with van der Waals surface area (Å²) < 4.78 is 11.8. The van der Waals surface area contributed by atoms with E-state index in [0.29, 0.717) is 37.8 Å². The lowest BCUT2D eigenvalue weighted by molar-refractivity contribution is 0.0210.